The van der Waals surface area contributed by atoms with Crippen LogP contribution in [0.25, 0.3) is 0 Å². The van der Waals surface area contributed by atoms with Gasteiger partial charge in [-0.15, -0.1) is 0 Å². The SMILES string of the molecule is CCC(C)(CCO)Nc1nc(Cl)ccc1[N+](=O)[O-]. The van der Waals surface area contributed by atoms with Crippen LogP contribution in [-0.4, -0.2) is 27.2 Å². The average Bonchev–Trinajstić information content (AvgIpc) is 2.29. The van der Waals surface area contributed by atoms with Crippen molar-refractivity contribution in [2.24, 2.45) is 0 Å². The summed E-state index contributed by atoms with van der Waals surface area (Å²) >= 11 is 5.75. The van der Waals surface area contributed by atoms with Gasteiger partial charge in [0.05, 0.1) is 4.92 Å². The van der Waals surface area contributed by atoms with Crippen LogP contribution in [0.15, 0.2) is 12.1 Å². The van der Waals surface area contributed by atoms with Crippen molar-refractivity contribution in [1.82, 2.24) is 4.98 Å². The number of aliphatic hydroxyl groups excluding tert-OH is 1. The highest BCUT2D eigenvalue weighted by Gasteiger charge is 2.26. The maximum absolute atomic E-state index is 10.9. The molecular weight excluding hydrogens is 258 g/mol. The Bertz CT molecular complexity index is 442. The van der Waals surface area contributed by atoms with E-state index in [2.05, 4.69) is 10.3 Å². The minimum atomic E-state index is -0.513. The van der Waals surface area contributed by atoms with Crippen LogP contribution in [0.4, 0.5) is 11.5 Å². The molecule has 6 nitrogen and oxygen atoms in total. The van der Waals surface area contributed by atoms with Gasteiger partial charge in [-0.2, -0.15) is 0 Å². The smallest absolute Gasteiger partial charge is 0.311 e. The number of aliphatic hydroxyl groups is 1. The Balaban J connectivity index is 3.08. The van der Waals surface area contributed by atoms with E-state index in [1.165, 1.54) is 12.1 Å². The van der Waals surface area contributed by atoms with Crippen molar-refractivity contribution in [3.63, 3.8) is 0 Å². The second kappa shape index (κ2) is 5.97. The molecule has 1 rings (SSSR count). The highest BCUT2D eigenvalue weighted by atomic mass is 35.5. The van der Waals surface area contributed by atoms with Gasteiger partial charge in [-0.25, -0.2) is 4.98 Å². The number of hydrogen-bond acceptors (Lipinski definition) is 5. The summed E-state index contributed by atoms with van der Waals surface area (Å²) < 4.78 is 0. The van der Waals surface area contributed by atoms with Gasteiger partial charge in [0, 0.05) is 18.2 Å². The van der Waals surface area contributed by atoms with Crippen molar-refractivity contribution >= 4 is 23.1 Å². The minimum absolute atomic E-state index is 0.00823. The minimum Gasteiger partial charge on any atom is -0.396 e. The van der Waals surface area contributed by atoms with Crippen molar-refractivity contribution < 1.29 is 10.0 Å². The zero-order valence-electron chi connectivity index (χ0n) is 10.3. The second-order valence-electron chi connectivity index (χ2n) is 4.27. The quantitative estimate of drug-likeness (QED) is 0.472. The molecule has 0 amide bonds. The van der Waals surface area contributed by atoms with E-state index in [0.717, 1.165) is 0 Å². The molecule has 0 radical (unpaired) electrons. The van der Waals surface area contributed by atoms with Crippen LogP contribution < -0.4 is 5.32 Å². The molecule has 1 aromatic heterocycles. The molecule has 1 unspecified atom stereocenters. The third kappa shape index (κ3) is 3.54. The van der Waals surface area contributed by atoms with E-state index in [1.54, 1.807) is 0 Å². The largest absolute Gasteiger partial charge is 0.396 e. The Kier molecular flexibility index (Phi) is 4.86. The van der Waals surface area contributed by atoms with Crippen LogP contribution in [-0.2, 0) is 0 Å². The number of anilines is 1. The zero-order chi connectivity index (χ0) is 13.8. The number of halogens is 1. The maximum atomic E-state index is 10.9. The standard InChI is InChI=1S/C11H16ClN3O3/c1-3-11(2,6-7-16)14-10-8(15(17)18)4-5-9(12)13-10/h4-5,16H,3,6-7H2,1-2H3,(H,13,14). The van der Waals surface area contributed by atoms with Crippen LogP contribution in [0, 0.1) is 10.1 Å². The van der Waals surface area contributed by atoms with E-state index in [4.69, 9.17) is 16.7 Å². The number of hydrogen-bond donors (Lipinski definition) is 2. The molecule has 1 heterocycles. The number of nitrogens with zero attached hydrogens (tertiary/aromatic N) is 2. The first-order valence-electron chi connectivity index (χ1n) is 5.62. The number of rotatable bonds is 6. The number of nitrogens with one attached hydrogen (secondary N) is 1. The lowest BCUT2D eigenvalue weighted by Crippen LogP contribution is -2.35. The highest BCUT2D eigenvalue weighted by molar-refractivity contribution is 6.29. The van der Waals surface area contributed by atoms with E-state index in [1.807, 2.05) is 13.8 Å². The van der Waals surface area contributed by atoms with E-state index in [-0.39, 0.29) is 23.3 Å². The summed E-state index contributed by atoms with van der Waals surface area (Å²) in [6, 6.07) is 2.69. The summed E-state index contributed by atoms with van der Waals surface area (Å²) in [5, 5.41) is 23.1. The van der Waals surface area contributed by atoms with Crippen molar-refractivity contribution in [2.45, 2.75) is 32.2 Å². The lowest BCUT2D eigenvalue weighted by atomic mass is 9.95. The fourth-order valence-electron chi connectivity index (χ4n) is 1.53. The van der Waals surface area contributed by atoms with Gasteiger partial charge >= 0.3 is 5.69 Å². The van der Waals surface area contributed by atoms with Gasteiger partial charge in [0.2, 0.25) is 5.82 Å². The summed E-state index contributed by atoms with van der Waals surface area (Å²) in [6.45, 7) is 3.79. The van der Waals surface area contributed by atoms with Gasteiger partial charge in [0.25, 0.3) is 0 Å². The summed E-state index contributed by atoms with van der Waals surface area (Å²) in [6.07, 6.45) is 1.16. The van der Waals surface area contributed by atoms with Gasteiger partial charge in [-0.1, -0.05) is 18.5 Å². The summed E-state index contributed by atoms with van der Waals surface area (Å²) in [4.78, 5) is 14.3. The summed E-state index contributed by atoms with van der Waals surface area (Å²) in [5.74, 6) is 0.130. The van der Waals surface area contributed by atoms with Gasteiger partial charge < -0.3 is 10.4 Å². The molecule has 0 aliphatic heterocycles. The Morgan fingerprint density at radius 2 is 2.28 bits per heavy atom. The molecule has 0 aromatic carbocycles. The van der Waals surface area contributed by atoms with E-state index in [9.17, 15) is 10.1 Å². The van der Waals surface area contributed by atoms with Gasteiger partial charge in [-0.05, 0) is 25.8 Å². The maximum Gasteiger partial charge on any atom is 0.311 e. The zero-order valence-corrected chi connectivity index (χ0v) is 11.1. The molecule has 0 saturated heterocycles. The van der Waals surface area contributed by atoms with Crippen molar-refractivity contribution in [3.8, 4) is 0 Å². The first-order valence-corrected chi connectivity index (χ1v) is 5.99. The van der Waals surface area contributed by atoms with Crippen LogP contribution in [0.5, 0.6) is 0 Å². The number of nitro groups is 1. The van der Waals surface area contributed by atoms with Gasteiger partial charge in [0.1, 0.15) is 5.15 Å². The van der Waals surface area contributed by atoms with Crippen LogP contribution in [0.2, 0.25) is 5.15 Å². The third-order valence-corrected chi connectivity index (χ3v) is 3.11. The van der Waals surface area contributed by atoms with Gasteiger partial charge in [0.15, 0.2) is 0 Å². The molecule has 7 heteroatoms. The first-order chi connectivity index (χ1) is 8.41. The predicted molar refractivity (Wildman–Crippen MR) is 69.9 cm³/mol. The van der Waals surface area contributed by atoms with E-state index in [0.29, 0.717) is 12.8 Å². The molecule has 2 N–H and O–H groups in total. The third-order valence-electron chi connectivity index (χ3n) is 2.90. The van der Waals surface area contributed by atoms with Crippen molar-refractivity contribution in [2.75, 3.05) is 11.9 Å². The Morgan fingerprint density at radius 3 is 2.78 bits per heavy atom. The second-order valence-corrected chi connectivity index (χ2v) is 4.66. The molecule has 0 aliphatic carbocycles. The fourth-order valence-corrected chi connectivity index (χ4v) is 1.68. The first kappa shape index (κ1) is 14.7. The molecule has 1 atom stereocenters. The van der Waals surface area contributed by atoms with Crippen LogP contribution in [0.3, 0.4) is 0 Å². The topological polar surface area (TPSA) is 88.3 Å². The number of aromatic nitrogens is 1. The Morgan fingerprint density at radius 1 is 1.61 bits per heavy atom. The molecule has 18 heavy (non-hydrogen) atoms. The van der Waals surface area contributed by atoms with Crippen LogP contribution in [0.1, 0.15) is 26.7 Å². The molecule has 0 aliphatic rings. The Labute approximate surface area is 110 Å². The highest BCUT2D eigenvalue weighted by Crippen LogP contribution is 2.29. The Hall–Kier alpha value is -1.40. The predicted octanol–water partition coefficient (Wildman–Crippen LogP) is 2.61. The molecule has 0 spiro atoms. The van der Waals surface area contributed by atoms with E-state index >= 15 is 0 Å². The molecule has 1 aromatic rings. The summed E-state index contributed by atoms with van der Waals surface area (Å²) in [5.41, 5.74) is -0.589. The average molecular weight is 274 g/mol. The normalized spacial score (nSPS) is 14.0. The van der Waals surface area contributed by atoms with Crippen LogP contribution >= 0.6 is 11.6 Å². The molecule has 0 bridgehead atoms. The monoisotopic (exact) mass is 273 g/mol. The summed E-state index contributed by atoms with van der Waals surface area (Å²) in [7, 11) is 0. The lowest BCUT2D eigenvalue weighted by molar-refractivity contribution is -0.384. The molecule has 0 fully saturated rings. The number of pyridine rings is 1. The fraction of sp³-hybridized carbons (Fsp3) is 0.545. The molecule has 100 valence electrons. The van der Waals surface area contributed by atoms with Crippen molar-refractivity contribution in [3.05, 3.63) is 27.4 Å². The van der Waals surface area contributed by atoms with Gasteiger partial charge in [-0.3, -0.25) is 10.1 Å². The lowest BCUT2D eigenvalue weighted by Gasteiger charge is -2.29. The molecule has 0 saturated carbocycles. The molecular formula is C11H16ClN3O3. The van der Waals surface area contributed by atoms with Crippen molar-refractivity contribution in [1.29, 1.82) is 0 Å². The van der Waals surface area contributed by atoms with E-state index < -0.39 is 10.5 Å².